The Bertz CT molecular complexity index is 687. The molecule has 21 heavy (non-hydrogen) atoms. The highest BCUT2D eigenvalue weighted by molar-refractivity contribution is 9.10. The molecule has 0 bridgehead atoms. The number of aliphatic hydroxyl groups excluding tert-OH is 1. The Morgan fingerprint density at radius 1 is 1.10 bits per heavy atom. The first-order valence-electron chi connectivity index (χ1n) is 6.59. The fourth-order valence-corrected chi connectivity index (χ4v) is 3.28. The van der Waals surface area contributed by atoms with Gasteiger partial charge in [-0.1, -0.05) is 39.7 Å². The second-order valence-corrected chi connectivity index (χ2v) is 6.21. The minimum Gasteiger partial charge on any atom is -0.486 e. The van der Waals surface area contributed by atoms with Gasteiger partial charge in [-0.25, -0.2) is 0 Å². The molecular formula is C16H14BrClO3. The van der Waals surface area contributed by atoms with Crippen LogP contribution in [0.15, 0.2) is 34.8 Å². The fraction of sp³-hybridized carbons (Fsp3) is 0.250. The molecule has 1 aliphatic heterocycles. The summed E-state index contributed by atoms with van der Waals surface area (Å²) < 4.78 is 11.9. The van der Waals surface area contributed by atoms with Gasteiger partial charge in [-0.3, -0.25) is 0 Å². The van der Waals surface area contributed by atoms with E-state index in [0.29, 0.717) is 35.3 Å². The second kappa shape index (κ2) is 5.87. The molecule has 2 aromatic rings. The van der Waals surface area contributed by atoms with E-state index >= 15 is 0 Å². The number of fused-ring (bicyclic) bond motifs is 1. The quantitative estimate of drug-likeness (QED) is 0.859. The van der Waals surface area contributed by atoms with Crippen LogP contribution in [0.2, 0.25) is 5.02 Å². The Morgan fingerprint density at radius 2 is 1.76 bits per heavy atom. The number of hydrogen-bond acceptors (Lipinski definition) is 3. The molecule has 0 amide bonds. The van der Waals surface area contributed by atoms with E-state index in [-0.39, 0.29) is 0 Å². The van der Waals surface area contributed by atoms with Gasteiger partial charge in [-0.15, -0.1) is 0 Å². The normalized spacial score (nSPS) is 14.9. The maximum absolute atomic E-state index is 10.6. The van der Waals surface area contributed by atoms with Crippen LogP contribution in [0.1, 0.15) is 22.8 Å². The highest BCUT2D eigenvalue weighted by Gasteiger charge is 2.21. The van der Waals surface area contributed by atoms with Gasteiger partial charge < -0.3 is 14.6 Å². The third-order valence-corrected chi connectivity index (χ3v) is 4.42. The maximum atomic E-state index is 10.6. The summed E-state index contributed by atoms with van der Waals surface area (Å²) in [4.78, 5) is 0. The first-order valence-corrected chi connectivity index (χ1v) is 7.76. The van der Waals surface area contributed by atoms with E-state index in [1.54, 1.807) is 12.1 Å². The third-order valence-electron chi connectivity index (χ3n) is 3.41. The van der Waals surface area contributed by atoms with Gasteiger partial charge in [0.25, 0.3) is 0 Å². The Kier molecular flexibility index (Phi) is 4.11. The molecule has 0 radical (unpaired) electrons. The zero-order valence-corrected chi connectivity index (χ0v) is 13.7. The molecule has 5 heteroatoms. The molecule has 0 saturated carbocycles. The molecule has 0 spiro atoms. The van der Waals surface area contributed by atoms with Crippen molar-refractivity contribution < 1.29 is 14.6 Å². The van der Waals surface area contributed by atoms with Crippen LogP contribution >= 0.6 is 27.5 Å². The zero-order valence-electron chi connectivity index (χ0n) is 11.4. The van der Waals surface area contributed by atoms with Gasteiger partial charge in [0, 0.05) is 16.1 Å². The Hall–Kier alpha value is -1.23. The maximum Gasteiger partial charge on any atom is 0.162 e. The number of ether oxygens (including phenoxy) is 2. The molecule has 0 aliphatic carbocycles. The van der Waals surface area contributed by atoms with Gasteiger partial charge >= 0.3 is 0 Å². The lowest BCUT2D eigenvalue weighted by molar-refractivity contribution is 0.169. The fourth-order valence-electron chi connectivity index (χ4n) is 2.31. The summed E-state index contributed by atoms with van der Waals surface area (Å²) in [6.45, 7) is 3.01. The number of halogens is 2. The van der Waals surface area contributed by atoms with E-state index in [1.165, 1.54) is 0 Å². The van der Waals surface area contributed by atoms with E-state index in [2.05, 4.69) is 15.9 Å². The number of rotatable bonds is 2. The van der Waals surface area contributed by atoms with Crippen molar-refractivity contribution >= 4 is 27.5 Å². The van der Waals surface area contributed by atoms with Gasteiger partial charge in [-0.05, 0) is 30.2 Å². The van der Waals surface area contributed by atoms with E-state index in [0.717, 1.165) is 15.6 Å². The predicted octanol–water partition coefficient (Wildman–Crippen LogP) is 4.26. The summed E-state index contributed by atoms with van der Waals surface area (Å²) in [5, 5.41) is 11.1. The van der Waals surface area contributed by atoms with Crippen molar-refractivity contribution in [3.05, 3.63) is 56.5 Å². The zero-order chi connectivity index (χ0) is 15.0. The van der Waals surface area contributed by atoms with Crippen molar-refractivity contribution in [3.63, 3.8) is 0 Å². The lowest BCUT2D eigenvalue weighted by Gasteiger charge is -2.22. The largest absolute Gasteiger partial charge is 0.486 e. The van der Waals surface area contributed by atoms with Crippen LogP contribution in [0.4, 0.5) is 0 Å². The van der Waals surface area contributed by atoms with Crippen molar-refractivity contribution in [1.29, 1.82) is 0 Å². The summed E-state index contributed by atoms with van der Waals surface area (Å²) >= 11 is 9.76. The van der Waals surface area contributed by atoms with Crippen molar-refractivity contribution in [2.24, 2.45) is 0 Å². The van der Waals surface area contributed by atoms with Gasteiger partial charge in [0.2, 0.25) is 0 Å². The molecular weight excluding hydrogens is 356 g/mol. The average Bonchev–Trinajstić information content (AvgIpc) is 2.46. The molecule has 3 nitrogen and oxygen atoms in total. The van der Waals surface area contributed by atoms with Gasteiger partial charge in [-0.2, -0.15) is 0 Å². The van der Waals surface area contributed by atoms with E-state index < -0.39 is 6.10 Å². The topological polar surface area (TPSA) is 38.7 Å². The SMILES string of the molecule is Cc1ccc(C(O)c2cc3c(cc2Cl)OCCO3)c(Br)c1. The van der Waals surface area contributed by atoms with E-state index in [4.69, 9.17) is 21.1 Å². The lowest BCUT2D eigenvalue weighted by atomic mass is 10.00. The highest BCUT2D eigenvalue weighted by Crippen LogP contribution is 2.40. The van der Waals surface area contributed by atoms with Crippen LogP contribution in [0.25, 0.3) is 0 Å². The summed E-state index contributed by atoms with van der Waals surface area (Å²) in [7, 11) is 0. The van der Waals surface area contributed by atoms with Crippen LogP contribution in [-0.4, -0.2) is 18.3 Å². The smallest absolute Gasteiger partial charge is 0.162 e. The predicted molar refractivity (Wildman–Crippen MR) is 85.4 cm³/mol. The summed E-state index contributed by atoms with van der Waals surface area (Å²) in [6.07, 6.45) is -0.830. The standard InChI is InChI=1S/C16H14BrClO3/c1-9-2-3-10(12(17)6-9)16(19)11-7-14-15(8-13(11)18)21-5-4-20-14/h2-3,6-8,16,19H,4-5H2,1H3. The summed E-state index contributed by atoms with van der Waals surface area (Å²) in [5.41, 5.74) is 2.48. The Balaban J connectivity index is 2.03. The van der Waals surface area contributed by atoms with Gasteiger partial charge in [0.05, 0.1) is 5.02 Å². The van der Waals surface area contributed by atoms with Crippen LogP contribution in [0, 0.1) is 6.92 Å². The monoisotopic (exact) mass is 368 g/mol. The lowest BCUT2D eigenvalue weighted by Crippen LogP contribution is -2.16. The number of aryl methyl sites for hydroxylation is 1. The van der Waals surface area contributed by atoms with Gasteiger partial charge in [0.1, 0.15) is 19.3 Å². The number of aliphatic hydroxyl groups is 1. The Labute approximate surface area is 136 Å². The molecule has 0 aromatic heterocycles. The molecule has 2 aromatic carbocycles. The molecule has 1 unspecified atom stereocenters. The van der Waals surface area contributed by atoms with Crippen molar-refractivity contribution in [2.75, 3.05) is 13.2 Å². The van der Waals surface area contributed by atoms with Crippen LogP contribution in [0.5, 0.6) is 11.5 Å². The van der Waals surface area contributed by atoms with Gasteiger partial charge in [0.15, 0.2) is 11.5 Å². The van der Waals surface area contributed by atoms with Crippen molar-refractivity contribution in [2.45, 2.75) is 13.0 Å². The molecule has 1 atom stereocenters. The summed E-state index contributed by atoms with van der Waals surface area (Å²) in [6, 6.07) is 9.24. The van der Waals surface area contributed by atoms with Crippen molar-refractivity contribution in [1.82, 2.24) is 0 Å². The van der Waals surface area contributed by atoms with E-state index in [9.17, 15) is 5.11 Å². The van der Waals surface area contributed by atoms with Crippen LogP contribution < -0.4 is 9.47 Å². The second-order valence-electron chi connectivity index (χ2n) is 4.94. The molecule has 110 valence electrons. The molecule has 3 rings (SSSR count). The first-order chi connectivity index (χ1) is 10.1. The van der Waals surface area contributed by atoms with Crippen LogP contribution in [-0.2, 0) is 0 Å². The first kappa shape index (κ1) is 14.7. The Morgan fingerprint density at radius 3 is 2.43 bits per heavy atom. The molecule has 0 fully saturated rings. The average molecular weight is 370 g/mol. The molecule has 0 saturated heterocycles. The van der Waals surface area contributed by atoms with E-state index in [1.807, 2.05) is 25.1 Å². The van der Waals surface area contributed by atoms with Crippen molar-refractivity contribution in [3.8, 4) is 11.5 Å². The number of benzene rings is 2. The summed E-state index contributed by atoms with van der Waals surface area (Å²) in [5.74, 6) is 1.23. The molecule has 1 heterocycles. The third kappa shape index (κ3) is 2.89. The molecule has 1 aliphatic rings. The highest BCUT2D eigenvalue weighted by atomic mass is 79.9. The minimum absolute atomic E-state index is 0.458. The molecule has 1 N–H and O–H groups in total. The minimum atomic E-state index is -0.830. The number of hydrogen-bond donors (Lipinski definition) is 1. The van der Waals surface area contributed by atoms with Crippen LogP contribution in [0.3, 0.4) is 0 Å².